The molecule has 1 heterocycles. The van der Waals surface area contributed by atoms with Crippen LogP contribution in [0.3, 0.4) is 0 Å². The molecule has 6 heteroatoms. The Balaban J connectivity index is 2.11. The number of anilines is 2. The van der Waals surface area contributed by atoms with Gasteiger partial charge in [0.05, 0.1) is 5.69 Å². The predicted octanol–water partition coefficient (Wildman–Crippen LogP) is 3.59. The first-order valence-electron chi connectivity index (χ1n) is 7.67. The highest BCUT2D eigenvalue weighted by atomic mass is 16.5. The van der Waals surface area contributed by atoms with Gasteiger partial charge in [0.25, 0.3) is 0 Å². The smallest absolute Gasteiger partial charge is 0.222 e. The molecule has 1 aromatic heterocycles. The molecule has 0 saturated heterocycles. The molecule has 2 aromatic carbocycles. The van der Waals surface area contributed by atoms with Gasteiger partial charge in [0, 0.05) is 5.56 Å². The largest absolute Gasteiger partial charge is 0.457 e. The quantitative estimate of drug-likeness (QED) is 0.758. The number of rotatable bonds is 3. The van der Waals surface area contributed by atoms with E-state index in [0.29, 0.717) is 22.8 Å². The minimum absolute atomic E-state index is 0.00693. The summed E-state index contributed by atoms with van der Waals surface area (Å²) in [6.45, 7) is 4.06. The molecular weight excluding hydrogens is 314 g/mol. The van der Waals surface area contributed by atoms with Gasteiger partial charge in [-0.1, -0.05) is 18.2 Å². The van der Waals surface area contributed by atoms with E-state index in [1.54, 1.807) is 12.1 Å². The highest BCUT2D eigenvalue weighted by molar-refractivity contribution is 5.77. The Morgan fingerprint density at radius 2 is 1.76 bits per heavy atom. The molecule has 124 valence electrons. The molecule has 3 aromatic rings. The Kier molecular flexibility index (Phi) is 4.23. The van der Waals surface area contributed by atoms with Crippen molar-refractivity contribution >= 4 is 11.8 Å². The predicted molar refractivity (Wildman–Crippen MR) is 97.0 cm³/mol. The van der Waals surface area contributed by atoms with E-state index < -0.39 is 0 Å². The third-order valence-corrected chi connectivity index (χ3v) is 3.91. The molecule has 0 unspecified atom stereocenters. The van der Waals surface area contributed by atoms with E-state index in [2.05, 4.69) is 9.97 Å². The van der Waals surface area contributed by atoms with Gasteiger partial charge in [0.2, 0.25) is 5.95 Å². The van der Waals surface area contributed by atoms with E-state index in [1.165, 1.54) is 5.56 Å². The van der Waals surface area contributed by atoms with Gasteiger partial charge in [0.15, 0.2) is 0 Å². The molecule has 0 bridgehead atoms. The number of nitrogens with zero attached hydrogens (tertiary/aromatic N) is 3. The zero-order chi connectivity index (χ0) is 18.0. The monoisotopic (exact) mass is 331 g/mol. The molecule has 4 N–H and O–H groups in total. The van der Waals surface area contributed by atoms with Crippen LogP contribution in [-0.4, -0.2) is 9.97 Å². The molecule has 0 aliphatic carbocycles. The third-order valence-electron chi connectivity index (χ3n) is 3.91. The number of hydrogen-bond donors (Lipinski definition) is 2. The molecular formula is C19H17N5O. The van der Waals surface area contributed by atoms with Crippen LogP contribution in [0.2, 0.25) is 0 Å². The van der Waals surface area contributed by atoms with Crippen molar-refractivity contribution in [3.05, 3.63) is 59.2 Å². The molecule has 0 saturated carbocycles. The van der Waals surface area contributed by atoms with Gasteiger partial charge in [-0.05, 0) is 49.2 Å². The number of ether oxygens (including phenoxy) is 1. The standard InChI is InChI=1S/C19H17N5O/c1-11-7-8-13(9-12(11)2)25-16-6-4-3-5-14(16)17-15(10-20)18(21)24-19(22)23-17/h3-9H,1-2H3,(H4,21,22,23,24). The van der Waals surface area contributed by atoms with Crippen LogP contribution in [0, 0.1) is 25.2 Å². The normalized spacial score (nSPS) is 10.3. The van der Waals surface area contributed by atoms with Crippen LogP contribution in [0.1, 0.15) is 16.7 Å². The number of nitrogens with two attached hydrogens (primary N) is 2. The number of nitrogen functional groups attached to an aromatic ring is 2. The van der Waals surface area contributed by atoms with E-state index in [0.717, 1.165) is 5.56 Å². The van der Waals surface area contributed by atoms with Gasteiger partial charge in [-0.25, -0.2) is 4.98 Å². The van der Waals surface area contributed by atoms with Crippen molar-refractivity contribution in [2.45, 2.75) is 13.8 Å². The first kappa shape index (κ1) is 16.3. The van der Waals surface area contributed by atoms with Gasteiger partial charge in [-0.3, -0.25) is 0 Å². The Hall–Kier alpha value is -3.59. The summed E-state index contributed by atoms with van der Waals surface area (Å²) in [6, 6.07) is 15.2. The van der Waals surface area contributed by atoms with Gasteiger partial charge in [-0.2, -0.15) is 10.2 Å². The number of hydrogen-bond acceptors (Lipinski definition) is 6. The van der Waals surface area contributed by atoms with Crippen LogP contribution >= 0.6 is 0 Å². The van der Waals surface area contributed by atoms with Crippen molar-refractivity contribution in [3.63, 3.8) is 0 Å². The number of aryl methyl sites for hydroxylation is 2. The van der Waals surface area contributed by atoms with E-state index in [-0.39, 0.29) is 17.3 Å². The van der Waals surface area contributed by atoms with Gasteiger partial charge >= 0.3 is 0 Å². The van der Waals surface area contributed by atoms with Gasteiger partial charge < -0.3 is 16.2 Å². The first-order chi connectivity index (χ1) is 12.0. The molecule has 0 amide bonds. The Bertz CT molecular complexity index is 992. The van der Waals surface area contributed by atoms with Crippen LogP contribution in [0.15, 0.2) is 42.5 Å². The molecule has 0 atom stereocenters. The van der Waals surface area contributed by atoms with E-state index in [9.17, 15) is 5.26 Å². The molecule has 0 fully saturated rings. The van der Waals surface area contributed by atoms with E-state index in [1.807, 2.05) is 50.2 Å². The minimum atomic E-state index is 0.00693. The highest BCUT2D eigenvalue weighted by Crippen LogP contribution is 2.35. The maximum absolute atomic E-state index is 9.41. The SMILES string of the molecule is Cc1ccc(Oc2ccccc2-c2nc(N)nc(N)c2C#N)cc1C. The molecule has 6 nitrogen and oxygen atoms in total. The second-order valence-electron chi connectivity index (χ2n) is 5.65. The maximum Gasteiger partial charge on any atom is 0.222 e. The fourth-order valence-electron chi connectivity index (χ4n) is 2.46. The summed E-state index contributed by atoms with van der Waals surface area (Å²) >= 11 is 0. The van der Waals surface area contributed by atoms with Crippen molar-refractivity contribution < 1.29 is 4.74 Å². The second kappa shape index (κ2) is 6.49. The van der Waals surface area contributed by atoms with Gasteiger partial charge in [0.1, 0.15) is 28.9 Å². The van der Waals surface area contributed by atoms with Gasteiger partial charge in [-0.15, -0.1) is 0 Å². The Labute approximate surface area is 145 Å². The number of para-hydroxylation sites is 1. The second-order valence-corrected chi connectivity index (χ2v) is 5.65. The number of nitriles is 1. The Morgan fingerprint density at radius 3 is 2.48 bits per heavy atom. The number of benzene rings is 2. The molecule has 0 aliphatic heterocycles. The minimum Gasteiger partial charge on any atom is -0.457 e. The van der Waals surface area contributed by atoms with Crippen LogP contribution in [0.4, 0.5) is 11.8 Å². The lowest BCUT2D eigenvalue weighted by Crippen LogP contribution is -2.05. The lowest BCUT2D eigenvalue weighted by Gasteiger charge is -2.13. The van der Waals surface area contributed by atoms with Crippen molar-refractivity contribution in [2.75, 3.05) is 11.5 Å². The third kappa shape index (κ3) is 3.21. The molecule has 0 radical (unpaired) electrons. The lowest BCUT2D eigenvalue weighted by atomic mass is 10.1. The molecule has 0 aliphatic rings. The first-order valence-corrected chi connectivity index (χ1v) is 7.67. The highest BCUT2D eigenvalue weighted by Gasteiger charge is 2.17. The number of aromatic nitrogens is 2. The zero-order valence-corrected chi connectivity index (χ0v) is 13.9. The summed E-state index contributed by atoms with van der Waals surface area (Å²) < 4.78 is 6.03. The van der Waals surface area contributed by atoms with E-state index in [4.69, 9.17) is 16.2 Å². The summed E-state index contributed by atoms with van der Waals surface area (Å²) in [5.74, 6) is 1.31. The van der Waals surface area contributed by atoms with Crippen molar-refractivity contribution in [1.82, 2.24) is 9.97 Å². The van der Waals surface area contributed by atoms with Crippen LogP contribution in [0.5, 0.6) is 11.5 Å². The Morgan fingerprint density at radius 1 is 1.00 bits per heavy atom. The summed E-state index contributed by atoms with van der Waals surface area (Å²) in [4.78, 5) is 8.04. The molecule has 3 rings (SSSR count). The van der Waals surface area contributed by atoms with Crippen molar-refractivity contribution in [2.24, 2.45) is 0 Å². The fourth-order valence-corrected chi connectivity index (χ4v) is 2.46. The van der Waals surface area contributed by atoms with Crippen LogP contribution < -0.4 is 16.2 Å². The molecule has 0 spiro atoms. The fraction of sp³-hybridized carbons (Fsp3) is 0.105. The average Bonchev–Trinajstić information content (AvgIpc) is 2.58. The summed E-state index contributed by atoms with van der Waals surface area (Å²) in [5.41, 5.74) is 15.0. The van der Waals surface area contributed by atoms with Crippen LogP contribution in [-0.2, 0) is 0 Å². The summed E-state index contributed by atoms with van der Waals surface area (Å²) in [6.07, 6.45) is 0. The van der Waals surface area contributed by atoms with E-state index >= 15 is 0 Å². The molecule has 25 heavy (non-hydrogen) atoms. The summed E-state index contributed by atoms with van der Waals surface area (Å²) in [5, 5.41) is 9.41. The van der Waals surface area contributed by atoms with Crippen LogP contribution in [0.25, 0.3) is 11.3 Å². The average molecular weight is 331 g/mol. The zero-order valence-electron chi connectivity index (χ0n) is 13.9. The van der Waals surface area contributed by atoms with Crippen molar-refractivity contribution in [1.29, 1.82) is 5.26 Å². The maximum atomic E-state index is 9.41. The summed E-state index contributed by atoms with van der Waals surface area (Å²) in [7, 11) is 0. The topological polar surface area (TPSA) is 111 Å². The lowest BCUT2D eigenvalue weighted by molar-refractivity contribution is 0.483. The van der Waals surface area contributed by atoms with Crippen molar-refractivity contribution in [3.8, 4) is 28.8 Å².